The van der Waals surface area contributed by atoms with Crippen molar-refractivity contribution in [3.63, 3.8) is 0 Å². The third-order valence-corrected chi connectivity index (χ3v) is 4.54. The molecule has 0 saturated heterocycles. The van der Waals surface area contributed by atoms with E-state index in [9.17, 15) is 4.79 Å². The number of nitrogens with zero attached hydrogens (tertiary/aromatic N) is 1. The summed E-state index contributed by atoms with van der Waals surface area (Å²) in [6, 6.07) is 17.7. The van der Waals surface area contributed by atoms with Crippen LogP contribution in [0.5, 0.6) is 5.75 Å². The quantitative estimate of drug-likeness (QED) is 0.269. The van der Waals surface area contributed by atoms with Gasteiger partial charge in [-0.15, -0.1) is 0 Å². The van der Waals surface area contributed by atoms with Crippen LogP contribution in [0.15, 0.2) is 59.7 Å². The maximum absolute atomic E-state index is 11.8. The summed E-state index contributed by atoms with van der Waals surface area (Å²) in [5.41, 5.74) is 4.66. The maximum Gasteiger partial charge on any atom is 0.240 e. The van der Waals surface area contributed by atoms with Gasteiger partial charge in [0.2, 0.25) is 5.91 Å². The van der Waals surface area contributed by atoms with Gasteiger partial charge in [0.05, 0.1) is 6.21 Å². The molecule has 0 unspecified atom stereocenters. The highest BCUT2D eigenvalue weighted by molar-refractivity contribution is 5.82. The Labute approximate surface area is 169 Å². The van der Waals surface area contributed by atoms with Gasteiger partial charge in [0.25, 0.3) is 0 Å². The zero-order valence-corrected chi connectivity index (χ0v) is 16.9. The highest BCUT2D eigenvalue weighted by Crippen LogP contribution is 2.13. The summed E-state index contributed by atoms with van der Waals surface area (Å²) in [7, 11) is 0. The van der Waals surface area contributed by atoms with Gasteiger partial charge in [-0.05, 0) is 41.8 Å². The van der Waals surface area contributed by atoms with Gasteiger partial charge < -0.3 is 4.74 Å². The van der Waals surface area contributed by atoms with Gasteiger partial charge in [-0.2, -0.15) is 5.10 Å². The van der Waals surface area contributed by atoms with Crippen molar-refractivity contribution in [3.05, 3.63) is 65.7 Å². The lowest BCUT2D eigenvalue weighted by molar-refractivity contribution is -0.121. The van der Waals surface area contributed by atoms with Crippen LogP contribution in [-0.2, 0) is 11.4 Å². The molecule has 0 aromatic heterocycles. The summed E-state index contributed by atoms with van der Waals surface area (Å²) < 4.78 is 5.76. The Morgan fingerprint density at radius 1 is 0.929 bits per heavy atom. The van der Waals surface area contributed by atoms with Crippen LogP contribution >= 0.6 is 0 Å². The number of carbonyl (C=O) groups is 1. The molecule has 1 amide bonds. The number of hydrazone groups is 1. The summed E-state index contributed by atoms with van der Waals surface area (Å²) in [6.45, 7) is 2.77. The fourth-order valence-corrected chi connectivity index (χ4v) is 2.87. The molecular formula is C24H32N2O2. The van der Waals surface area contributed by atoms with Crippen LogP contribution in [0.25, 0.3) is 0 Å². The minimum absolute atomic E-state index is 0.0207. The van der Waals surface area contributed by atoms with E-state index in [-0.39, 0.29) is 5.91 Å². The molecule has 28 heavy (non-hydrogen) atoms. The summed E-state index contributed by atoms with van der Waals surface area (Å²) in [5.74, 6) is 0.789. The van der Waals surface area contributed by atoms with Crippen LogP contribution in [-0.4, -0.2) is 12.1 Å². The van der Waals surface area contributed by atoms with Crippen LogP contribution < -0.4 is 10.2 Å². The van der Waals surface area contributed by atoms with Crippen LogP contribution in [0.3, 0.4) is 0 Å². The fourth-order valence-electron chi connectivity index (χ4n) is 2.87. The SMILES string of the molecule is CCCCCCCCCC(=O)NN=Cc1ccc(OCc2ccccc2)cc1. The molecule has 0 aliphatic heterocycles. The van der Waals surface area contributed by atoms with Crippen LogP contribution in [0.1, 0.15) is 69.4 Å². The summed E-state index contributed by atoms with van der Waals surface area (Å²) in [4.78, 5) is 11.8. The Kier molecular flexibility index (Phi) is 10.5. The second kappa shape index (κ2) is 13.5. The first-order chi connectivity index (χ1) is 13.8. The van der Waals surface area contributed by atoms with Gasteiger partial charge in [-0.25, -0.2) is 5.43 Å². The molecule has 1 N–H and O–H groups in total. The van der Waals surface area contributed by atoms with Crippen LogP contribution in [0.2, 0.25) is 0 Å². The minimum atomic E-state index is -0.0207. The van der Waals surface area contributed by atoms with E-state index in [1.807, 2.05) is 54.6 Å². The maximum atomic E-state index is 11.8. The van der Waals surface area contributed by atoms with E-state index in [2.05, 4.69) is 17.5 Å². The normalized spacial score (nSPS) is 10.9. The van der Waals surface area contributed by atoms with Gasteiger partial charge in [0, 0.05) is 6.42 Å². The molecule has 0 saturated carbocycles. The molecule has 2 aromatic rings. The number of amides is 1. The zero-order chi connectivity index (χ0) is 19.9. The number of ether oxygens (including phenoxy) is 1. The monoisotopic (exact) mass is 380 g/mol. The lowest BCUT2D eigenvalue weighted by atomic mass is 10.1. The van der Waals surface area contributed by atoms with E-state index in [4.69, 9.17) is 4.74 Å². The standard InChI is InChI=1S/C24H32N2O2/c1-2-3-4-5-6-7-11-14-24(27)26-25-19-21-15-17-23(18-16-21)28-20-22-12-9-8-10-13-22/h8-10,12-13,15-19H,2-7,11,14,20H2,1H3,(H,26,27). The van der Waals surface area contributed by atoms with E-state index in [0.717, 1.165) is 29.7 Å². The molecule has 0 atom stereocenters. The number of nitrogens with one attached hydrogen (secondary N) is 1. The topological polar surface area (TPSA) is 50.7 Å². The molecule has 0 bridgehead atoms. The number of unbranched alkanes of at least 4 members (excludes halogenated alkanes) is 6. The van der Waals surface area contributed by atoms with Crippen molar-refractivity contribution in [1.82, 2.24) is 5.43 Å². The Morgan fingerprint density at radius 2 is 1.61 bits per heavy atom. The van der Waals surface area contributed by atoms with E-state index >= 15 is 0 Å². The van der Waals surface area contributed by atoms with Crippen molar-refractivity contribution in [2.24, 2.45) is 5.10 Å². The largest absolute Gasteiger partial charge is 0.489 e. The van der Waals surface area contributed by atoms with E-state index in [1.165, 1.54) is 32.1 Å². The third-order valence-electron chi connectivity index (χ3n) is 4.54. The first-order valence-electron chi connectivity index (χ1n) is 10.4. The molecule has 0 aliphatic rings. The molecule has 2 rings (SSSR count). The van der Waals surface area contributed by atoms with Crippen molar-refractivity contribution < 1.29 is 9.53 Å². The van der Waals surface area contributed by atoms with E-state index < -0.39 is 0 Å². The predicted molar refractivity (Wildman–Crippen MR) is 116 cm³/mol. The fraction of sp³-hybridized carbons (Fsp3) is 0.417. The van der Waals surface area contributed by atoms with Crippen molar-refractivity contribution >= 4 is 12.1 Å². The van der Waals surface area contributed by atoms with Crippen molar-refractivity contribution in [1.29, 1.82) is 0 Å². The lowest BCUT2D eigenvalue weighted by Gasteiger charge is -2.06. The van der Waals surface area contributed by atoms with Gasteiger partial charge >= 0.3 is 0 Å². The number of rotatable bonds is 13. The highest BCUT2D eigenvalue weighted by Gasteiger charge is 2.00. The van der Waals surface area contributed by atoms with Crippen LogP contribution in [0.4, 0.5) is 0 Å². The third kappa shape index (κ3) is 9.36. The molecule has 0 spiro atoms. The van der Waals surface area contributed by atoms with Gasteiger partial charge in [-0.3, -0.25) is 4.79 Å². The molecule has 0 fully saturated rings. The Hall–Kier alpha value is -2.62. The van der Waals surface area contributed by atoms with Crippen molar-refractivity contribution in [2.75, 3.05) is 0 Å². The molecule has 0 aliphatic carbocycles. The van der Waals surface area contributed by atoms with Gasteiger partial charge in [0.1, 0.15) is 12.4 Å². The lowest BCUT2D eigenvalue weighted by Crippen LogP contribution is -2.16. The second-order valence-corrected chi connectivity index (χ2v) is 7.01. The molecular weight excluding hydrogens is 348 g/mol. The average molecular weight is 381 g/mol. The average Bonchev–Trinajstić information content (AvgIpc) is 2.73. The Bertz CT molecular complexity index is 696. The summed E-state index contributed by atoms with van der Waals surface area (Å²) in [6.07, 6.45) is 10.6. The van der Waals surface area contributed by atoms with Crippen molar-refractivity contribution in [2.45, 2.75) is 64.9 Å². The zero-order valence-electron chi connectivity index (χ0n) is 16.9. The molecule has 150 valence electrons. The Morgan fingerprint density at radius 3 is 2.32 bits per heavy atom. The van der Waals surface area contributed by atoms with Gasteiger partial charge in [0.15, 0.2) is 0 Å². The molecule has 2 aromatic carbocycles. The number of carbonyl (C=O) groups excluding carboxylic acids is 1. The first kappa shape index (κ1) is 21.7. The molecule has 0 heterocycles. The Balaban J connectivity index is 1.60. The summed E-state index contributed by atoms with van der Waals surface area (Å²) in [5, 5.41) is 4.04. The minimum Gasteiger partial charge on any atom is -0.489 e. The van der Waals surface area contributed by atoms with E-state index in [1.54, 1.807) is 6.21 Å². The smallest absolute Gasteiger partial charge is 0.240 e. The molecule has 4 heteroatoms. The van der Waals surface area contributed by atoms with Crippen molar-refractivity contribution in [3.8, 4) is 5.75 Å². The predicted octanol–water partition coefficient (Wildman–Crippen LogP) is 5.86. The van der Waals surface area contributed by atoms with E-state index in [0.29, 0.717) is 13.0 Å². The number of benzene rings is 2. The number of hydrogen-bond donors (Lipinski definition) is 1. The highest BCUT2D eigenvalue weighted by atomic mass is 16.5. The molecule has 4 nitrogen and oxygen atoms in total. The number of hydrogen-bond acceptors (Lipinski definition) is 3. The first-order valence-corrected chi connectivity index (χ1v) is 10.4. The van der Waals surface area contributed by atoms with Gasteiger partial charge in [-0.1, -0.05) is 75.8 Å². The second-order valence-electron chi connectivity index (χ2n) is 7.01. The summed E-state index contributed by atoms with van der Waals surface area (Å²) >= 11 is 0. The van der Waals surface area contributed by atoms with Crippen LogP contribution in [0, 0.1) is 0 Å². The molecule has 0 radical (unpaired) electrons.